The molecule has 2 aliphatic heterocycles. The van der Waals surface area contributed by atoms with E-state index in [1.165, 1.54) is 0 Å². The Kier molecular flexibility index (Phi) is 2.29. The van der Waals surface area contributed by atoms with Crippen molar-refractivity contribution in [1.82, 2.24) is 4.98 Å². The predicted molar refractivity (Wildman–Crippen MR) is 83.3 cm³/mol. The largest absolute Gasteiger partial charge is 0.349 e. The summed E-state index contributed by atoms with van der Waals surface area (Å²) in [5, 5.41) is 1.13. The van der Waals surface area contributed by atoms with E-state index in [1.54, 1.807) is 12.4 Å². The van der Waals surface area contributed by atoms with E-state index >= 15 is 0 Å². The van der Waals surface area contributed by atoms with Gasteiger partial charge in [-0.2, -0.15) is 15.4 Å². The monoisotopic (exact) mass is 282 g/mol. The Balaban J connectivity index is 1.90. The first-order chi connectivity index (χ1) is 9.68. The van der Waals surface area contributed by atoms with Crippen molar-refractivity contribution in [2.24, 2.45) is 15.8 Å². The third-order valence-corrected chi connectivity index (χ3v) is 3.98. The molecule has 1 aromatic carbocycles. The number of nitrogens with zero attached hydrogens (tertiary/aromatic N) is 3. The molecule has 3 heterocycles. The smallest absolute Gasteiger partial charge is 0.278 e. The summed E-state index contributed by atoms with van der Waals surface area (Å²) in [6.45, 7) is 0.556. The Morgan fingerprint density at radius 2 is 2.15 bits per heavy atom. The minimum Gasteiger partial charge on any atom is -0.349 e. The standard InChI is InChI=1S/C14H11N5S/c15-19-6-5-16-8-12(19)14(20)18-13(19)11-7-9-3-1-2-4-10(9)17-11/h1-5,7-8H,6,15H2/p+1. The van der Waals surface area contributed by atoms with Gasteiger partial charge in [-0.05, 0) is 12.1 Å². The van der Waals surface area contributed by atoms with Gasteiger partial charge in [-0.3, -0.25) is 4.99 Å². The summed E-state index contributed by atoms with van der Waals surface area (Å²) >= 11 is 5.31. The molecular weight excluding hydrogens is 270 g/mol. The van der Waals surface area contributed by atoms with Gasteiger partial charge in [-0.25, -0.2) is 0 Å². The van der Waals surface area contributed by atoms with E-state index in [2.05, 4.69) is 27.1 Å². The highest BCUT2D eigenvalue weighted by Gasteiger charge is 2.46. The SMILES string of the molecule is N[N+]12CC=NC=C1C(=S)N=C2c1cc2ccccc2[nH]1. The lowest BCUT2D eigenvalue weighted by molar-refractivity contribution is -0.796. The van der Waals surface area contributed by atoms with Gasteiger partial charge in [0.2, 0.25) is 5.70 Å². The Labute approximate surface area is 120 Å². The highest BCUT2D eigenvalue weighted by atomic mass is 32.1. The van der Waals surface area contributed by atoms with Crippen LogP contribution in [0.4, 0.5) is 0 Å². The molecule has 0 fully saturated rings. The van der Waals surface area contributed by atoms with Gasteiger partial charge in [-0.15, -0.1) is 0 Å². The molecule has 0 spiro atoms. The number of aromatic nitrogens is 1. The molecule has 1 unspecified atom stereocenters. The van der Waals surface area contributed by atoms with Gasteiger partial charge in [0, 0.05) is 10.9 Å². The number of hydrogen-bond donors (Lipinski definition) is 2. The molecule has 0 bridgehead atoms. The summed E-state index contributed by atoms with van der Waals surface area (Å²) in [6, 6.07) is 10.1. The van der Waals surface area contributed by atoms with Crippen LogP contribution in [0.3, 0.4) is 0 Å². The van der Waals surface area contributed by atoms with Crippen LogP contribution >= 0.6 is 12.2 Å². The molecule has 98 valence electrons. The fourth-order valence-corrected chi connectivity index (χ4v) is 2.94. The number of aliphatic imine (C=N–C) groups is 2. The van der Waals surface area contributed by atoms with Gasteiger partial charge in [0.1, 0.15) is 12.2 Å². The van der Waals surface area contributed by atoms with E-state index in [0.717, 1.165) is 28.1 Å². The second-order valence-corrected chi connectivity index (χ2v) is 5.29. The van der Waals surface area contributed by atoms with Crippen LogP contribution in [0.25, 0.3) is 10.9 Å². The number of quaternary nitrogens is 1. The van der Waals surface area contributed by atoms with Crippen LogP contribution in [-0.2, 0) is 0 Å². The Bertz CT molecular complexity index is 796. The number of para-hydroxylation sites is 1. The summed E-state index contributed by atoms with van der Waals surface area (Å²) in [5.74, 6) is 7.23. The van der Waals surface area contributed by atoms with Crippen LogP contribution in [0.2, 0.25) is 0 Å². The van der Waals surface area contributed by atoms with Crippen LogP contribution in [0.1, 0.15) is 5.69 Å². The normalized spacial score (nSPS) is 24.8. The number of benzene rings is 1. The number of amidine groups is 1. The number of H-pyrrole nitrogens is 1. The number of fused-ring (bicyclic) bond motifs is 2. The quantitative estimate of drug-likeness (QED) is 0.476. The van der Waals surface area contributed by atoms with Gasteiger partial charge in [0.15, 0.2) is 4.99 Å². The molecule has 0 radical (unpaired) electrons. The van der Waals surface area contributed by atoms with Crippen molar-refractivity contribution >= 4 is 40.2 Å². The zero-order valence-electron chi connectivity index (χ0n) is 10.6. The van der Waals surface area contributed by atoms with Crippen molar-refractivity contribution in [3.8, 4) is 0 Å². The first kappa shape index (κ1) is 11.7. The summed E-state index contributed by atoms with van der Waals surface area (Å²) in [4.78, 5) is 12.5. The molecule has 4 rings (SSSR count). The van der Waals surface area contributed by atoms with Crippen LogP contribution in [0.15, 0.2) is 52.2 Å². The van der Waals surface area contributed by atoms with Crippen molar-refractivity contribution in [3.05, 3.63) is 47.9 Å². The fourth-order valence-electron chi connectivity index (χ4n) is 2.64. The maximum Gasteiger partial charge on any atom is 0.278 e. The third-order valence-electron chi connectivity index (χ3n) is 3.68. The number of aromatic amines is 1. The van der Waals surface area contributed by atoms with Gasteiger partial charge < -0.3 is 4.98 Å². The maximum absolute atomic E-state index is 6.49. The van der Waals surface area contributed by atoms with E-state index in [1.807, 2.05) is 18.2 Å². The highest BCUT2D eigenvalue weighted by Crippen LogP contribution is 2.29. The van der Waals surface area contributed by atoms with Crippen LogP contribution in [-0.4, -0.2) is 33.2 Å². The van der Waals surface area contributed by atoms with Gasteiger partial charge in [-0.1, -0.05) is 30.4 Å². The van der Waals surface area contributed by atoms with E-state index in [-0.39, 0.29) is 4.59 Å². The molecule has 1 aromatic heterocycles. The molecular formula is C14H12N5S+. The summed E-state index contributed by atoms with van der Waals surface area (Å²) in [7, 11) is 0. The lowest BCUT2D eigenvalue weighted by atomic mass is 10.2. The van der Waals surface area contributed by atoms with Crippen molar-refractivity contribution < 1.29 is 4.59 Å². The predicted octanol–water partition coefficient (Wildman–Crippen LogP) is 1.87. The molecule has 1 atom stereocenters. The minimum atomic E-state index is 0.0924. The summed E-state index contributed by atoms with van der Waals surface area (Å²) < 4.78 is 0.0924. The van der Waals surface area contributed by atoms with Gasteiger partial charge in [0.25, 0.3) is 5.84 Å². The lowest BCUT2D eigenvalue weighted by Crippen LogP contribution is -2.57. The van der Waals surface area contributed by atoms with Crippen molar-refractivity contribution in [3.63, 3.8) is 0 Å². The lowest BCUT2D eigenvalue weighted by Gasteiger charge is -2.27. The van der Waals surface area contributed by atoms with Crippen molar-refractivity contribution in [2.45, 2.75) is 0 Å². The number of nitrogens with two attached hydrogens (primary N) is 1. The zero-order chi connectivity index (χ0) is 13.7. The molecule has 0 aliphatic carbocycles. The van der Waals surface area contributed by atoms with Gasteiger partial charge in [0.05, 0.1) is 12.4 Å². The zero-order valence-corrected chi connectivity index (χ0v) is 11.4. The fraction of sp³-hybridized carbons (Fsp3) is 0.0714. The Hall–Kier alpha value is -2.15. The average molecular weight is 282 g/mol. The van der Waals surface area contributed by atoms with E-state index in [9.17, 15) is 0 Å². The summed E-state index contributed by atoms with van der Waals surface area (Å²) in [5.41, 5.74) is 2.73. The van der Waals surface area contributed by atoms with Gasteiger partial charge >= 0.3 is 0 Å². The molecule has 2 aliphatic rings. The maximum atomic E-state index is 6.49. The first-order valence-electron chi connectivity index (χ1n) is 6.29. The number of nitrogens with one attached hydrogen (secondary N) is 1. The average Bonchev–Trinajstić information content (AvgIpc) is 2.98. The van der Waals surface area contributed by atoms with Crippen LogP contribution < -0.4 is 5.84 Å². The number of hydrogen-bond acceptors (Lipinski definition) is 3. The van der Waals surface area contributed by atoms with E-state index in [4.69, 9.17) is 18.1 Å². The number of thiocarbonyl (C=S) groups is 1. The molecule has 0 amide bonds. The van der Waals surface area contributed by atoms with Crippen molar-refractivity contribution in [2.75, 3.05) is 6.54 Å². The molecule has 6 heteroatoms. The summed E-state index contributed by atoms with van der Waals surface area (Å²) in [6.07, 6.45) is 3.49. The second kappa shape index (κ2) is 3.92. The van der Waals surface area contributed by atoms with Crippen LogP contribution in [0.5, 0.6) is 0 Å². The first-order valence-corrected chi connectivity index (χ1v) is 6.70. The molecule has 20 heavy (non-hydrogen) atoms. The van der Waals surface area contributed by atoms with Crippen molar-refractivity contribution in [1.29, 1.82) is 0 Å². The molecule has 0 saturated carbocycles. The number of rotatable bonds is 1. The molecule has 0 saturated heterocycles. The Morgan fingerprint density at radius 1 is 1.30 bits per heavy atom. The molecule has 2 aromatic rings. The molecule has 5 nitrogen and oxygen atoms in total. The van der Waals surface area contributed by atoms with Crippen LogP contribution in [0, 0.1) is 0 Å². The second-order valence-electron chi connectivity index (χ2n) is 4.91. The Morgan fingerprint density at radius 3 is 3.00 bits per heavy atom. The molecule has 3 N–H and O–H groups in total. The van der Waals surface area contributed by atoms with E-state index < -0.39 is 0 Å². The highest BCUT2D eigenvalue weighted by molar-refractivity contribution is 7.80. The van der Waals surface area contributed by atoms with E-state index in [0.29, 0.717) is 11.5 Å². The topological polar surface area (TPSA) is 66.5 Å². The third kappa shape index (κ3) is 1.46. The minimum absolute atomic E-state index is 0.0924.